The maximum absolute atomic E-state index is 11.4. The number of carbonyl (C=O) groups is 2. The normalized spacial score (nSPS) is 27.6. The van der Waals surface area contributed by atoms with Crippen LogP contribution < -0.4 is 0 Å². The molecule has 28 heavy (non-hydrogen) atoms. The minimum Gasteiger partial charge on any atom is -0.481 e. The van der Waals surface area contributed by atoms with Crippen molar-refractivity contribution in [3.63, 3.8) is 0 Å². The molecule has 2 rings (SSSR count). The van der Waals surface area contributed by atoms with Gasteiger partial charge >= 0.3 is 11.9 Å². The van der Waals surface area contributed by atoms with E-state index in [2.05, 4.69) is 43.0 Å². The maximum atomic E-state index is 11.4. The third kappa shape index (κ3) is 7.65. The number of esters is 1. The molecule has 0 aromatic rings. The molecule has 158 valence electrons. The molecule has 1 N–H and O–H groups in total. The van der Waals surface area contributed by atoms with Gasteiger partial charge in [0, 0.05) is 23.8 Å². The molecular formula is C23H36O4S. The summed E-state index contributed by atoms with van der Waals surface area (Å²) in [6.45, 7) is 3.68. The third-order valence-corrected chi connectivity index (χ3v) is 7.61. The number of rotatable bonds is 13. The van der Waals surface area contributed by atoms with Crippen molar-refractivity contribution in [1.82, 2.24) is 0 Å². The van der Waals surface area contributed by atoms with Crippen LogP contribution in [0.2, 0.25) is 0 Å². The van der Waals surface area contributed by atoms with Crippen LogP contribution in [0, 0.1) is 11.8 Å². The van der Waals surface area contributed by atoms with Crippen molar-refractivity contribution in [2.45, 2.75) is 94.7 Å². The van der Waals surface area contributed by atoms with Gasteiger partial charge in [0.1, 0.15) is 6.10 Å². The lowest BCUT2D eigenvalue weighted by Gasteiger charge is -2.27. The Morgan fingerprint density at radius 2 is 1.96 bits per heavy atom. The minimum atomic E-state index is -0.718. The first kappa shape index (κ1) is 23.1. The van der Waals surface area contributed by atoms with Gasteiger partial charge in [-0.25, -0.2) is 0 Å². The average Bonchev–Trinajstić information content (AvgIpc) is 3.23. The van der Waals surface area contributed by atoms with Gasteiger partial charge in [-0.1, -0.05) is 38.0 Å². The summed E-state index contributed by atoms with van der Waals surface area (Å²) in [5.74, 6) is 0.277. The summed E-state index contributed by atoms with van der Waals surface area (Å²) in [4.78, 5) is 22.0. The van der Waals surface area contributed by atoms with E-state index >= 15 is 0 Å². The average molecular weight is 409 g/mol. The molecule has 2 saturated heterocycles. The first-order valence-corrected chi connectivity index (χ1v) is 11.8. The Kier molecular flexibility index (Phi) is 10.2. The lowest BCUT2D eigenvalue weighted by Crippen LogP contribution is -2.26. The van der Waals surface area contributed by atoms with Crippen LogP contribution in [0.25, 0.3) is 0 Å². The molecule has 4 nitrogen and oxygen atoms in total. The van der Waals surface area contributed by atoms with E-state index in [-0.39, 0.29) is 18.5 Å². The van der Waals surface area contributed by atoms with Gasteiger partial charge in [-0.15, -0.1) is 0 Å². The summed E-state index contributed by atoms with van der Waals surface area (Å²) in [6, 6.07) is 0. The predicted octanol–water partition coefficient (Wildman–Crippen LogP) is 5.77. The highest BCUT2D eigenvalue weighted by Gasteiger charge is 2.46. The molecule has 0 spiro atoms. The van der Waals surface area contributed by atoms with Gasteiger partial charge in [-0.2, -0.15) is 11.8 Å². The summed E-state index contributed by atoms with van der Waals surface area (Å²) >= 11 is 2.14. The van der Waals surface area contributed by atoms with Gasteiger partial charge in [0.15, 0.2) is 0 Å². The number of hydrogen-bond acceptors (Lipinski definition) is 4. The second kappa shape index (κ2) is 12.4. The maximum Gasteiger partial charge on any atom is 0.303 e. The molecule has 5 heteroatoms. The lowest BCUT2D eigenvalue weighted by molar-refractivity contribution is -0.144. The SMILES string of the molecule is CCCCCC(C=C[C@H]1[C@H](CC=CCCCC(=O)O)[C@@H]2CC[C@H]1S2)OC(C)=O. The van der Waals surface area contributed by atoms with E-state index in [0.717, 1.165) is 30.9 Å². The van der Waals surface area contributed by atoms with Crippen LogP contribution in [0.3, 0.4) is 0 Å². The molecule has 0 aromatic carbocycles. The van der Waals surface area contributed by atoms with Gasteiger partial charge in [0.2, 0.25) is 0 Å². The highest BCUT2D eigenvalue weighted by Crippen LogP contribution is 2.54. The highest BCUT2D eigenvalue weighted by atomic mass is 32.2. The van der Waals surface area contributed by atoms with E-state index in [4.69, 9.17) is 9.84 Å². The monoisotopic (exact) mass is 408 g/mol. The Bertz CT molecular complexity index is 557. The number of unbranched alkanes of at least 4 members (excludes halogenated alkanes) is 3. The van der Waals surface area contributed by atoms with Crippen molar-refractivity contribution >= 4 is 23.7 Å². The van der Waals surface area contributed by atoms with Gasteiger partial charge in [0.05, 0.1) is 0 Å². The summed E-state index contributed by atoms with van der Waals surface area (Å²) in [7, 11) is 0. The van der Waals surface area contributed by atoms with Gasteiger partial charge in [-0.05, 0) is 62.9 Å². The predicted molar refractivity (Wildman–Crippen MR) is 115 cm³/mol. The second-order valence-corrected chi connectivity index (χ2v) is 9.54. The summed E-state index contributed by atoms with van der Waals surface area (Å²) in [5, 5.41) is 10.1. The summed E-state index contributed by atoms with van der Waals surface area (Å²) in [6.07, 6.45) is 18.6. The zero-order valence-electron chi connectivity index (χ0n) is 17.3. The topological polar surface area (TPSA) is 63.6 Å². The molecular weight excluding hydrogens is 372 g/mol. The van der Waals surface area contributed by atoms with Crippen molar-refractivity contribution in [3.8, 4) is 0 Å². The molecule has 0 amide bonds. The van der Waals surface area contributed by atoms with E-state index in [1.54, 1.807) is 0 Å². The molecule has 2 aliphatic heterocycles. The smallest absolute Gasteiger partial charge is 0.303 e. The van der Waals surface area contributed by atoms with Crippen molar-refractivity contribution in [1.29, 1.82) is 0 Å². The number of aliphatic carboxylic acids is 1. The quantitative estimate of drug-likeness (QED) is 0.238. The number of carboxylic acid groups (broad SMARTS) is 1. The van der Waals surface area contributed by atoms with E-state index in [1.807, 2.05) is 0 Å². The fourth-order valence-electron chi connectivity index (χ4n) is 4.38. The van der Waals surface area contributed by atoms with Gasteiger partial charge < -0.3 is 9.84 Å². The van der Waals surface area contributed by atoms with Crippen LogP contribution in [-0.2, 0) is 14.3 Å². The third-order valence-electron chi connectivity index (χ3n) is 5.78. The van der Waals surface area contributed by atoms with Gasteiger partial charge in [-0.3, -0.25) is 9.59 Å². The number of carboxylic acids is 1. The molecule has 2 fully saturated rings. The lowest BCUT2D eigenvalue weighted by atomic mass is 9.77. The molecule has 0 aliphatic carbocycles. The Morgan fingerprint density at radius 3 is 2.68 bits per heavy atom. The Morgan fingerprint density at radius 1 is 1.18 bits per heavy atom. The first-order chi connectivity index (χ1) is 13.5. The van der Waals surface area contributed by atoms with Crippen LogP contribution in [0.5, 0.6) is 0 Å². The zero-order valence-corrected chi connectivity index (χ0v) is 18.2. The van der Waals surface area contributed by atoms with Crippen molar-refractivity contribution < 1.29 is 19.4 Å². The van der Waals surface area contributed by atoms with Crippen LogP contribution in [0.1, 0.15) is 78.1 Å². The van der Waals surface area contributed by atoms with Crippen LogP contribution in [0.15, 0.2) is 24.3 Å². The fraction of sp³-hybridized carbons (Fsp3) is 0.739. The molecule has 2 aliphatic rings. The number of fused-ring (bicyclic) bond motifs is 2. The fourth-order valence-corrected chi connectivity index (χ4v) is 6.35. The van der Waals surface area contributed by atoms with Crippen LogP contribution >= 0.6 is 11.8 Å². The van der Waals surface area contributed by atoms with E-state index < -0.39 is 5.97 Å². The zero-order chi connectivity index (χ0) is 20.4. The number of allylic oxidation sites excluding steroid dienone is 3. The number of carbonyl (C=O) groups excluding carboxylic acids is 1. The van der Waals surface area contributed by atoms with Crippen molar-refractivity contribution in [3.05, 3.63) is 24.3 Å². The standard InChI is InChI=1S/C23H36O4S/c1-3-4-7-10-18(27-17(2)24)13-14-20-19(21-15-16-22(20)28-21)11-8-5-6-9-12-23(25)26/h5,8,13-14,18-22H,3-4,6-7,9-12,15-16H2,1-2H3,(H,25,26)/t18?,19-,20-,21-,22+/m0/s1. The van der Waals surface area contributed by atoms with Crippen molar-refractivity contribution in [2.75, 3.05) is 0 Å². The number of hydrogen-bond donors (Lipinski definition) is 1. The summed E-state index contributed by atoms with van der Waals surface area (Å²) in [5.41, 5.74) is 0. The highest BCUT2D eigenvalue weighted by molar-refractivity contribution is 8.01. The molecule has 0 radical (unpaired) electrons. The van der Waals surface area contributed by atoms with E-state index in [0.29, 0.717) is 23.5 Å². The second-order valence-electron chi connectivity index (χ2n) is 8.05. The minimum absolute atomic E-state index is 0.0969. The molecule has 0 saturated carbocycles. The Hall–Kier alpha value is -1.23. The Labute approximate surface area is 174 Å². The number of thioether (sulfide) groups is 1. The van der Waals surface area contributed by atoms with Crippen molar-refractivity contribution in [2.24, 2.45) is 11.8 Å². The largest absolute Gasteiger partial charge is 0.481 e. The molecule has 5 atom stereocenters. The van der Waals surface area contributed by atoms with Gasteiger partial charge in [0.25, 0.3) is 0 Å². The molecule has 1 unspecified atom stereocenters. The van der Waals surface area contributed by atoms with E-state index in [1.165, 1.54) is 32.6 Å². The molecule has 0 aromatic heterocycles. The summed E-state index contributed by atoms with van der Waals surface area (Å²) < 4.78 is 5.52. The van der Waals surface area contributed by atoms with Crippen LogP contribution in [0.4, 0.5) is 0 Å². The Balaban J connectivity index is 1.89. The molecule has 2 bridgehead atoms. The van der Waals surface area contributed by atoms with E-state index in [9.17, 15) is 9.59 Å². The number of ether oxygens (including phenoxy) is 1. The first-order valence-electron chi connectivity index (χ1n) is 10.9. The molecule has 2 heterocycles. The van der Waals surface area contributed by atoms with Crippen LogP contribution in [-0.4, -0.2) is 33.6 Å².